The molecule has 1 aliphatic heterocycles. The summed E-state index contributed by atoms with van der Waals surface area (Å²) in [4.78, 5) is 35.6. The van der Waals surface area contributed by atoms with Crippen molar-refractivity contribution in [3.8, 4) is 0 Å². The molecule has 2 amide bonds. The number of rotatable bonds is 5. The van der Waals surface area contributed by atoms with Crippen molar-refractivity contribution in [2.75, 3.05) is 5.32 Å². The fourth-order valence-electron chi connectivity index (χ4n) is 2.12. The Hall–Kier alpha value is -2.72. The van der Waals surface area contributed by atoms with Gasteiger partial charge in [0.05, 0.1) is 27.0 Å². The van der Waals surface area contributed by atoms with Gasteiger partial charge in [0.1, 0.15) is 0 Å². The summed E-state index contributed by atoms with van der Waals surface area (Å²) >= 11 is 2.29. The van der Waals surface area contributed by atoms with Crippen LogP contribution in [0.25, 0.3) is 0 Å². The second-order valence-electron chi connectivity index (χ2n) is 5.02. The molecule has 1 aliphatic rings. The predicted molar refractivity (Wildman–Crippen MR) is 96.0 cm³/mol. The van der Waals surface area contributed by atoms with Gasteiger partial charge in [-0.3, -0.25) is 19.7 Å². The van der Waals surface area contributed by atoms with Crippen LogP contribution in [0.5, 0.6) is 0 Å². The van der Waals surface area contributed by atoms with Crippen molar-refractivity contribution < 1.29 is 14.5 Å². The van der Waals surface area contributed by atoms with Gasteiger partial charge in [0.15, 0.2) is 0 Å². The first-order valence-electron chi connectivity index (χ1n) is 7.15. The number of carbonyl (C=O) groups is 2. The minimum absolute atomic E-state index is 0.00159. The summed E-state index contributed by atoms with van der Waals surface area (Å²) in [5.41, 5.74) is 3.08. The van der Waals surface area contributed by atoms with Crippen LogP contribution in [0.15, 0.2) is 46.4 Å². The number of hydrogen-bond donors (Lipinski definition) is 2. The maximum atomic E-state index is 12.0. The van der Waals surface area contributed by atoms with Crippen molar-refractivity contribution in [2.24, 2.45) is 5.10 Å². The summed E-state index contributed by atoms with van der Waals surface area (Å²) in [6.45, 7) is 0. The number of benzene rings is 1. The number of nitrogens with zero attached hydrogens (tertiary/aromatic N) is 2. The largest absolute Gasteiger partial charge is 0.324 e. The molecule has 128 valence electrons. The van der Waals surface area contributed by atoms with E-state index < -0.39 is 16.1 Å². The number of anilines is 1. The van der Waals surface area contributed by atoms with Crippen molar-refractivity contribution in [1.82, 2.24) is 5.43 Å². The summed E-state index contributed by atoms with van der Waals surface area (Å²) in [7, 11) is 0. The van der Waals surface area contributed by atoms with Crippen LogP contribution in [0.3, 0.4) is 0 Å². The van der Waals surface area contributed by atoms with Gasteiger partial charge in [0.25, 0.3) is 0 Å². The van der Waals surface area contributed by atoms with Gasteiger partial charge in [-0.25, -0.2) is 5.43 Å². The maximum Gasteiger partial charge on any atom is 0.324 e. The van der Waals surface area contributed by atoms with Gasteiger partial charge >= 0.3 is 5.00 Å². The molecule has 1 unspecified atom stereocenters. The van der Waals surface area contributed by atoms with Crippen LogP contribution in [0, 0.1) is 10.1 Å². The van der Waals surface area contributed by atoms with Crippen molar-refractivity contribution in [3.05, 3.63) is 51.4 Å². The summed E-state index contributed by atoms with van der Waals surface area (Å²) in [6, 6.07) is 10.3. The molecule has 8 nitrogen and oxygen atoms in total. The Kier molecular flexibility index (Phi) is 5.10. The highest BCUT2D eigenvalue weighted by atomic mass is 32.2. The summed E-state index contributed by atoms with van der Waals surface area (Å²) in [5.74, 6) is -0.633. The smallest absolute Gasteiger partial charge is 0.324 e. The van der Waals surface area contributed by atoms with Crippen LogP contribution in [0.2, 0.25) is 0 Å². The molecule has 2 heterocycles. The Balaban J connectivity index is 1.55. The first kappa shape index (κ1) is 17.1. The highest BCUT2D eigenvalue weighted by Gasteiger charge is 2.28. The molecule has 3 rings (SSSR count). The fourth-order valence-corrected chi connectivity index (χ4v) is 3.92. The van der Waals surface area contributed by atoms with E-state index >= 15 is 0 Å². The van der Waals surface area contributed by atoms with E-state index in [0.29, 0.717) is 4.88 Å². The molecular weight excluding hydrogens is 364 g/mol. The number of hydrogen-bond acceptors (Lipinski definition) is 7. The van der Waals surface area contributed by atoms with E-state index in [1.54, 1.807) is 12.1 Å². The molecule has 10 heteroatoms. The van der Waals surface area contributed by atoms with Gasteiger partial charge in [-0.1, -0.05) is 23.5 Å². The highest BCUT2D eigenvalue weighted by Crippen LogP contribution is 2.36. The first-order chi connectivity index (χ1) is 12.0. The van der Waals surface area contributed by atoms with Crippen LogP contribution < -0.4 is 10.7 Å². The van der Waals surface area contributed by atoms with Crippen LogP contribution >= 0.6 is 23.1 Å². The molecule has 2 aromatic rings. The van der Waals surface area contributed by atoms with E-state index in [2.05, 4.69) is 15.8 Å². The van der Waals surface area contributed by atoms with Crippen molar-refractivity contribution >= 4 is 51.8 Å². The molecule has 1 aromatic carbocycles. The number of carbonyl (C=O) groups excluding carboxylic acids is 2. The summed E-state index contributed by atoms with van der Waals surface area (Å²) in [5, 5.41) is 16.6. The van der Waals surface area contributed by atoms with E-state index in [1.807, 2.05) is 18.2 Å². The quantitative estimate of drug-likeness (QED) is 0.473. The van der Waals surface area contributed by atoms with E-state index in [-0.39, 0.29) is 17.3 Å². The maximum absolute atomic E-state index is 12.0. The Bertz CT molecular complexity index is 865. The second-order valence-corrected chi connectivity index (χ2v) is 7.36. The lowest BCUT2D eigenvalue weighted by Crippen LogP contribution is -2.33. The first-order valence-corrected chi connectivity index (χ1v) is 8.85. The number of amides is 2. The number of thioether (sulfide) groups is 1. The van der Waals surface area contributed by atoms with E-state index in [1.165, 1.54) is 24.0 Å². The number of thiophene rings is 1. The van der Waals surface area contributed by atoms with Crippen LogP contribution in [-0.4, -0.2) is 28.2 Å². The third-order valence-electron chi connectivity index (χ3n) is 3.25. The summed E-state index contributed by atoms with van der Waals surface area (Å²) in [6.07, 6.45) is 1.31. The zero-order chi connectivity index (χ0) is 17.8. The van der Waals surface area contributed by atoms with Crippen LogP contribution in [-0.2, 0) is 9.59 Å². The Morgan fingerprint density at radius 1 is 1.36 bits per heavy atom. The van der Waals surface area contributed by atoms with Gasteiger partial charge < -0.3 is 5.32 Å². The fraction of sp³-hybridized carbons (Fsp3) is 0.133. The van der Waals surface area contributed by atoms with Crippen LogP contribution in [0.1, 0.15) is 11.3 Å². The zero-order valence-corrected chi connectivity index (χ0v) is 14.3. The Morgan fingerprint density at radius 3 is 2.92 bits per heavy atom. The third-order valence-corrected chi connectivity index (χ3v) is 5.50. The molecule has 1 atom stereocenters. The second kappa shape index (κ2) is 7.45. The molecule has 2 N–H and O–H groups in total. The predicted octanol–water partition coefficient (Wildman–Crippen LogP) is 2.61. The molecular formula is C15H12N4O4S2. The van der Waals surface area contributed by atoms with E-state index in [4.69, 9.17) is 0 Å². The monoisotopic (exact) mass is 376 g/mol. The average Bonchev–Trinajstić information content (AvgIpc) is 3.05. The Morgan fingerprint density at radius 2 is 2.16 bits per heavy atom. The average molecular weight is 376 g/mol. The lowest BCUT2D eigenvalue weighted by atomic mass is 10.2. The van der Waals surface area contributed by atoms with Crippen molar-refractivity contribution in [3.63, 3.8) is 0 Å². The minimum atomic E-state index is -0.534. The summed E-state index contributed by atoms with van der Waals surface area (Å²) < 4.78 is 0. The molecule has 0 spiro atoms. The highest BCUT2D eigenvalue weighted by molar-refractivity contribution is 8.01. The molecule has 0 radical (unpaired) electrons. The topological polar surface area (TPSA) is 114 Å². The lowest BCUT2D eigenvalue weighted by Gasteiger charge is -2.23. The SMILES string of the molecule is O=C(CC1Sc2ccccc2NC1=O)NN=Cc1ccc([N+](=O)[O-])s1. The molecule has 0 saturated heterocycles. The van der Waals surface area contributed by atoms with Gasteiger partial charge in [0, 0.05) is 17.4 Å². The molecule has 0 aliphatic carbocycles. The van der Waals surface area contributed by atoms with Crippen molar-refractivity contribution in [1.29, 1.82) is 0 Å². The van der Waals surface area contributed by atoms with Gasteiger partial charge in [-0.2, -0.15) is 5.10 Å². The van der Waals surface area contributed by atoms with Crippen molar-refractivity contribution in [2.45, 2.75) is 16.6 Å². The number of nitrogens with one attached hydrogen (secondary N) is 2. The lowest BCUT2D eigenvalue weighted by molar-refractivity contribution is -0.380. The third kappa shape index (κ3) is 4.22. The normalized spacial score (nSPS) is 16.3. The van der Waals surface area contributed by atoms with Gasteiger partial charge in [-0.05, 0) is 18.2 Å². The van der Waals surface area contributed by atoms with Crippen LogP contribution in [0.4, 0.5) is 10.7 Å². The number of para-hydroxylation sites is 1. The van der Waals surface area contributed by atoms with Gasteiger partial charge in [0.2, 0.25) is 11.8 Å². The van der Waals surface area contributed by atoms with E-state index in [0.717, 1.165) is 21.9 Å². The molecule has 0 bridgehead atoms. The molecule has 0 saturated carbocycles. The Labute approximate surface area is 150 Å². The number of hydrazone groups is 1. The minimum Gasteiger partial charge on any atom is -0.324 e. The molecule has 1 aromatic heterocycles. The van der Waals surface area contributed by atoms with Gasteiger partial charge in [-0.15, -0.1) is 11.8 Å². The number of nitro groups is 1. The standard InChI is InChI=1S/C15H12N4O4S2/c20-13(18-16-8-9-5-6-14(24-9)19(22)23)7-12-15(21)17-10-3-1-2-4-11(10)25-12/h1-6,8,12H,7H2,(H,17,21)(H,18,20). The molecule has 25 heavy (non-hydrogen) atoms. The van der Waals surface area contributed by atoms with E-state index in [9.17, 15) is 19.7 Å². The molecule has 0 fully saturated rings. The number of fused-ring (bicyclic) bond motifs is 1. The zero-order valence-electron chi connectivity index (χ0n) is 12.7.